The minimum atomic E-state index is -3.23. The molecule has 1 atom stereocenters. The molecule has 0 spiro atoms. The van der Waals surface area contributed by atoms with Crippen molar-refractivity contribution in [3.05, 3.63) is 0 Å². The van der Waals surface area contributed by atoms with Gasteiger partial charge in [0.05, 0.1) is 12.2 Å². The Balaban J connectivity index is 2.51. The average molecular weight is 294 g/mol. The first-order chi connectivity index (χ1) is 8.34. The molecule has 1 fully saturated rings. The molecule has 1 saturated heterocycles. The Hall–Kier alpha value is -0.930. The van der Waals surface area contributed by atoms with Crippen molar-refractivity contribution in [2.75, 3.05) is 26.4 Å². The molecule has 1 amide bonds. The zero-order valence-corrected chi connectivity index (χ0v) is 12.0. The minimum absolute atomic E-state index is 0.221. The summed E-state index contributed by atoms with van der Waals surface area (Å²) in [5.41, 5.74) is 5.00. The smallest absolute Gasteiger partial charge is 0.242 e. The van der Waals surface area contributed by atoms with Crippen LogP contribution in [0.25, 0.3) is 0 Å². The highest BCUT2D eigenvalue weighted by molar-refractivity contribution is 7.88. The predicted octanol–water partition coefficient (Wildman–Crippen LogP) is -1.22. The van der Waals surface area contributed by atoms with Gasteiger partial charge in [0.15, 0.2) is 5.11 Å². The second kappa shape index (κ2) is 6.30. The third-order valence-corrected chi connectivity index (χ3v) is 4.33. The van der Waals surface area contributed by atoms with Crippen LogP contribution in [-0.2, 0) is 14.8 Å². The quantitative estimate of drug-likeness (QED) is 0.437. The summed E-state index contributed by atoms with van der Waals surface area (Å²) in [5, 5.41) is 2.96. The molecule has 0 aromatic heterocycles. The van der Waals surface area contributed by atoms with Crippen molar-refractivity contribution in [2.24, 2.45) is 5.92 Å². The molecule has 0 radical (unpaired) electrons. The Morgan fingerprint density at radius 2 is 2.06 bits per heavy atom. The van der Waals surface area contributed by atoms with Crippen LogP contribution in [0.2, 0.25) is 0 Å². The topological polar surface area (TPSA) is 90.5 Å². The van der Waals surface area contributed by atoms with Crippen LogP contribution in [0, 0.1) is 5.92 Å². The number of sulfonamides is 1. The Morgan fingerprint density at radius 1 is 1.39 bits per heavy atom. The van der Waals surface area contributed by atoms with Crippen LogP contribution in [0.3, 0.4) is 0 Å². The van der Waals surface area contributed by atoms with E-state index in [0.717, 1.165) is 6.26 Å². The van der Waals surface area contributed by atoms with Crippen LogP contribution >= 0.6 is 12.2 Å². The number of rotatable bonds is 2. The molecule has 0 saturated carbocycles. The summed E-state index contributed by atoms with van der Waals surface area (Å²) in [6.45, 7) is 0.698. The molecule has 1 heterocycles. The molecule has 0 aromatic carbocycles. The molecule has 18 heavy (non-hydrogen) atoms. The van der Waals surface area contributed by atoms with E-state index in [2.05, 4.69) is 16.2 Å². The SMILES string of the molecule is CNC(=S)NNC(=O)[C@@H]1CCCN(S(C)(=O)=O)C1. The van der Waals surface area contributed by atoms with Crippen LogP contribution in [0.5, 0.6) is 0 Å². The molecule has 3 N–H and O–H groups in total. The third-order valence-electron chi connectivity index (χ3n) is 2.75. The Kier molecular flexibility index (Phi) is 5.29. The van der Waals surface area contributed by atoms with Crippen molar-refractivity contribution >= 4 is 33.3 Å². The number of amides is 1. The number of hydrogen-bond donors (Lipinski definition) is 3. The van der Waals surface area contributed by atoms with Gasteiger partial charge in [0.25, 0.3) is 0 Å². The van der Waals surface area contributed by atoms with Crippen LogP contribution in [0.15, 0.2) is 0 Å². The van der Waals surface area contributed by atoms with Crippen LogP contribution in [-0.4, -0.2) is 50.1 Å². The molecule has 7 nitrogen and oxygen atoms in total. The molecule has 9 heteroatoms. The van der Waals surface area contributed by atoms with E-state index in [1.165, 1.54) is 4.31 Å². The zero-order chi connectivity index (χ0) is 13.8. The summed E-state index contributed by atoms with van der Waals surface area (Å²) in [7, 11) is -1.60. The molecule has 104 valence electrons. The fraction of sp³-hybridized carbons (Fsp3) is 0.778. The van der Waals surface area contributed by atoms with E-state index in [9.17, 15) is 13.2 Å². The van der Waals surface area contributed by atoms with Gasteiger partial charge in [-0.2, -0.15) is 0 Å². The number of carbonyl (C=O) groups excluding carboxylic acids is 1. The normalized spacial score (nSPS) is 21.1. The molecule has 1 aliphatic rings. The van der Waals surface area contributed by atoms with Crippen molar-refractivity contribution < 1.29 is 13.2 Å². The lowest BCUT2D eigenvalue weighted by atomic mass is 9.99. The highest BCUT2D eigenvalue weighted by Gasteiger charge is 2.30. The van der Waals surface area contributed by atoms with Crippen molar-refractivity contribution in [3.8, 4) is 0 Å². The molecule has 0 bridgehead atoms. The van der Waals surface area contributed by atoms with Crippen LogP contribution in [0.4, 0.5) is 0 Å². The summed E-state index contributed by atoms with van der Waals surface area (Å²) >= 11 is 4.81. The Bertz CT molecular complexity index is 424. The van der Waals surface area contributed by atoms with Gasteiger partial charge in [-0.15, -0.1) is 0 Å². The highest BCUT2D eigenvalue weighted by Crippen LogP contribution is 2.18. The van der Waals surface area contributed by atoms with E-state index in [4.69, 9.17) is 12.2 Å². The number of nitrogens with one attached hydrogen (secondary N) is 3. The highest BCUT2D eigenvalue weighted by atomic mass is 32.2. The van der Waals surface area contributed by atoms with E-state index in [1.54, 1.807) is 7.05 Å². The van der Waals surface area contributed by atoms with Gasteiger partial charge >= 0.3 is 0 Å². The van der Waals surface area contributed by atoms with Crippen molar-refractivity contribution in [1.29, 1.82) is 0 Å². The maximum absolute atomic E-state index is 11.8. The number of nitrogens with zero attached hydrogens (tertiary/aromatic N) is 1. The average Bonchev–Trinajstić information content (AvgIpc) is 2.34. The van der Waals surface area contributed by atoms with Gasteiger partial charge < -0.3 is 5.32 Å². The van der Waals surface area contributed by atoms with Gasteiger partial charge in [-0.05, 0) is 25.1 Å². The molecule has 0 aliphatic carbocycles. The van der Waals surface area contributed by atoms with Crippen LogP contribution < -0.4 is 16.2 Å². The van der Waals surface area contributed by atoms with E-state index in [0.29, 0.717) is 24.5 Å². The number of hydrazine groups is 1. The summed E-state index contributed by atoms with van der Waals surface area (Å²) in [6.07, 6.45) is 2.51. The monoisotopic (exact) mass is 294 g/mol. The molecule has 0 aromatic rings. The number of thiocarbonyl (C=S) groups is 1. The lowest BCUT2D eigenvalue weighted by Gasteiger charge is -2.30. The van der Waals surface area contributed by atoms with Crippen LogP contribution in [0.1, 0.15) is 12.8 Å². The summed E-state index contributed by atoms with van der Waals surface area (Å²) < 4.78 is 24.2. The maximum atomic E-state index is 11.8. The molecular weight excluding hydrogens is 276 g/mol. The first kappa shape index (κ1) is 15.1. The lowest BCUT2D eigenvalue weighted by Crippen LogP contribution is -2.51. The number of hydrogen-bond acceptors (Lipinski definition) is 4. The van der Waals surface area contributed by atoms with E-state index in [-0.39, 0.29) is 18.4 Å². The standard InChI is InChI=1S/C9H18N4O3S2/c1-10-9(17)12-11-8(14)7-4-3-5-13(6-7)18(2,15)16/h7H,3-6H2,1-2H3,(H,11,14)(H2,10,12,17)/t7-/m1/s1. The third kappa shape index (κ3) is 4.39. The van der Waals surface area contributed by atoms with Gasteiger partial charge in [0.2, 0.25) is 15.9 Å². The fourth-order valence-corrected chi connectivity index (χ4v) is 2.70. The lowest BCUT2D eigenvalue weighted by molar-refractivity contribution is -0.126. The Labute approximate surface area is 112 Å². The van der Waals surface area contributed by atoms with E-state index in [1.807, 2.05) is 0 Å². The summed E-state index contributed by atoms with van der Waals surface area (Å²) in [4.78, 5) is 11.8. The van der Waals surface area contributed by atoms with Gasteiger partial charge in [0, 0.05) is 20.1 Å². The number of carbonyl (C=O) groups is 1. The van der Waals surface area contributed by atoms with E-state index >= 15 is 0 Å². The predicted molar refractivity (Wildman–Crippen MR) is 72.1 cm³/mol. The molecule has 1 aliphatic heterocycles. The Morgan fingerprint density at radius 3 is 2.61 bits per heavy atom. The second-order valence-electron chi connectivity index (χ2n) is 4.15. The second-order valence-corrected chi connectivity index (χ2v) is 6.54. The first-order valence-corrected chi connectivity index (χ1v) is 7.83. The van der Waals surface area contributed by atoms with Crippen molar-refractivity contribution in [3.63, 3.8) is 0 Å². The largest absolute Gasteiger partial charge is 0.364 e. The van der Waals surface area contributed by atoms with Gasteiger partial charge in [0.1, 0.15) is 0 Å². The summed E-state index contributed by atoms with van der Waals surface area (Å²) in [5.74, 6) is -0.596. The maximum Gasteiger partial charge on any atom is 0.242 e. The molecular formula is C9H18N4O3S2. The first-order valence-electron chi connectivity index (χ1n) is 5.57. The van der Waals surface area contributed by atoms with Crippen molar-refractivity contribution in [2.45, 2.75) is 12.8 Å². The summed E-state index contributed by atoms with van der Waals surface area (Å²) in [6, 6.07) is 0. The number of piperidine rings is 1. The zero-order valence-electron chi connectivity index (χ0n) is 10.4. The van der Waals surface area contributed by atoms with Gasteiger partial charge in [-0.25, -0.2) is 12.7 Å². The van der Waals surface area contributed by atoms with Gasteiger partial charge in [-0.1, -0.05) is 0 Å². The minimum Gasteiger partial charge on any atom is -0.364 e. The molecule has 0 unspecified atom stereocenters. The fourth-order valence-electron chi connectivity index (χ4n) is 1.74. The van der Waals surface area contributed by atoms with Gasteiger partial charge in [-0.3, -0.25) is 15.6 Å². The molecule has 1 rings (SSSR count). The van der Waals surface area contributed by atoms with Crippen molar-refractivity contribution in [1.82, 2.24) is 20.5 Å². The van der Waals surface area contributed by atoms with E-state index < -0.39 is 10.0 Å².